The number of hydrogen-bond donors (Lipinski definition) is 1. The summed E-state index contributed by atoms with van der Waals surface area (Å²) in [6.07, 6.45) is 4.14. The maximum absolute atomic E-state index is 13.2. The molecular formula is C20H20FN3O4. The van der Waals surface area contributed by atoms with E-state index in [1.807, 2.05) is 0 Å². The molecule has 1 amide bonds. The molecule has 1 saturated heterocycles. The Morgan fingerprint density at radius 2 is 1.79 bits per heavy atom. The lowest BCUT2D eigenvalue weighted by atomic mass is 9.84. The van der Waals surface area contributed by atoms with Crippen molar-refractivity contribution in [2.24, 2.45) is 5.92 Å². The zero-order valence-electron chi connectivity index (χ0n) is 15.1. The van der Waals surface area contributed by atoms with Crippen LogP contribution in [0.1, 0.15) is 42.6 Å². The molecule has 7 nitrogen and oxygen atoms in total. The standard InChI is InChI=1S/C20H20FN3O4/c21-13-5-7-14(8-6-13)24-18(25)10-9-15(22-24)19(26)23-16-4-2-1-3-12(16)11-17(23)20(27)28/h5-10,12,16-17H,1-4,11H2,(H,27,28)/t12-,16-,17+/m1/s1. The minimum absolute atomic E-state index is 0.00129. The van der Waals surface area contributed by atoms with Crippen molar-refractivity contribution in [1.29, 1.82) is 0 Å². The minimum Gasteiger partial charge on any atom is -0.480 e. The van der Waals surface area contributed by atoms with E-state index in [0.717, 1.165) is 30.4 Å². The van der Waals surface area contributed by atoms with Gasteiger partial charge in [0.1, 0.15) is 17.6 Å². The molecule has 3 atom stereocenters. The van der Waals surface area contributed by atoms with Gasteiger partial charge >= 0.3 is 5.97 Å². The summed E-state index contributed by atoms with van der Waals surface area (Å²) in [6.45, 7) is 0. The number of fused-ring (bicyclic) bond motifs is 1. The molecule has 1 aliphatic heterocycles. The van der Waals surface area contributed by atoms with Crippen LogP contribution in [0.4, 0.5) is 4.39 Å². The van der Waals surface area contributed by atoms with Gasteiger partial charge in [0.15, 0.2) is 0 Å². The highest BCUT2D eigenvalue weighted by Crippen LogP contribution is 2.40. The van der Waals surface area contributed by atoms with E-state index in [4.69, 9.17) is 0 Å². The number of aromatic nitrogens is 2. The summed E-state index contributed by atoms with van der Waals surface area (Å²) in [4.78, 5) is 38.6. The largest absolute Gasteiger partial charge is 0.480 e. The Labute approximate surface area is 160 Å². The van der Waals surface area contributed by atoms with Crippen molar-refractivity contribution in [3.8, 4) is 5.69 Å². The predicted octanol–water partition coefficient (Wildman–Crippen LogP) is 2.23. The highest BCUT2D eigenvalue weighted by Gasteiger charge is 2.48. The van der Waals surface area contributed by atoms with Crippen LogP contribution in [-0.2, 0) is 4.79 Å². The average molecular weight is 385 g/mol. The molecule has 0 radical (unpaired) electrons. The van der Waals surface area contributed by atoms with E-state index in [9.17, 15) is 23.9 Å². The SMILES string of the molecule is O=C(O)[C@@H]1C[C@H]2CCCC[C@H]2N1C(=O)c1ccc(=O)n(-c2ccc(F)cc2)n1. The van der Waals surface area contributed by atoms with Crippen LogP contribution in [0.3, 0.4) is 0 Å². The number of amides is 1. The second-order valence-corrected chi connectivity index (χ2v) is 7.36. The monoisotopic (exact) mass is 385 g/mol. The number of carboxylic acids is 1. The summed E-state index contributed by atoms with van der Waals surface area (Å²) in [7, 11) is 0. The first-order chi connectivity index (χ1) is 13.5. The van der Waals surface area contributed by atoms with Crippen LogP contribution in [0.5, 0.6) is 0 Å². The molecule has 1 saturated carbocycles. The van der Waals surface area contributed by atoms with Crippen molar-refractivity contribution in [2.45, 2.75) is 44.2 Å². The number of halogens is 1. The zero-order chi connectivity index (χ0) is 19.8. The second-order valence-electron chi connectivity index (χ2n) is 7.36. The molecule has 1 aromatic carbocycles. The van der Waals surface area contributed by atoms with E-state index >= 15 is 0 Å². The van der Waals surface area contributed by atoms with Crippen LogP contribution in [0, 0.1) is 11.7 Å². The first-order valence-corrected chi connectivity index (χ1v) is 9.37. The second kappa shape index (κ2) is 7.18. The van der Waals surface area contributed by atoms with Gasteiger partial charge in [0.2, 0.25) is 0 Å². The predicted molar refractivity (Wildman–Crippen MR) is 97.7 cm³/mol. The number of likely N-dealkylation sites (tertiary alicyclic amines) is 1. The van der Waals surface area contributed by atoms with Crippen LogP contribution in [0.25, 0.3) is 5.69 Å². The molecule has 0 unspecified atom stereocenters. The van der Waals surface area contributed by atoms with Crippen LogP contribution in [0.2, 0.25) is 0 Å². The molecule has 2 fully saturated rings. The Balaban J connectivity index is 1.71. The van der Waals surface area contributed by atoms with Crippen molar-refractivity contribution in [3.05, 3.63) is 58.3 Å². The van der Waals surface area contributed by atoms with E-state index in [2.05, 4.69) is 5.10 Å². The fourth-order valence-corrected chi connectivity index (χ4v) is 4.40. The number of rotatable bonds is 3. The van der Waals surface area contributed by atoms with Gasteiger partial charge in [-0.25, -0.2) is 9.18 Å². The first kappa shape index (κ1) is 18.3. The van der Waals surface area contributed by atoms with Gasteiger partial charge in [0.05, 0.1) is 5.69 Å². The number of nitrogens with zero attached hydrogens (tertiary/aromatic N) is 3. The van der Waals surface area contributed by atoms with Crippen LogP contribution in [0.15, 0.2) is 41.2 Å². The van der Waals surface area contributed by atoms with Gasteiger partial charge < -0.3 is 10.0 Å². The Kier molecular flexibility index (Phi) is 4.70. The molecule has 4 rings (SSSR count). The summed E-state index contributed by atoms with van der Waals surface area (Å²) in [5, 5.41) is 13.8. The van der Waals surface area contributed by atoms with E-state index in [0.29, 0.717) is 12.1 Å². The summed E-state index contributed by atoms with van der Waals surface area (Å²) in [5.74, 6) is -1.78. The van der Waals surface area contributed by atoms with Crippen molar-refractivity contribution in [1.82, 2.24) is 14.7 Å². The van der Waals surface area contributed by atoms with Crippen LogP contribution >= 0.6 is 0 Å². The maximum Gasteiger partial charge on any atom is 0.326 e. The molecule has 0 spiro atoms. The third-order valence-electron chi connectivity index (χ3n) is 5.70. The van der Waals surface area contributed by atoms with Gasteiger partial charge in [0, 0.05) is 12.1 Å². The number of hydrogen-bond acceptors (Lipinski definition) is 4. The van der Waals surface area contributed by atoms with Crippen molar-refractivity contribution in [2.75, 3.05) is 0 Å². The first-order valence-electron chi connectivity index (χ1n) is 9.37. The number of carbonyl (C=O) groups is 2. The van der Waals surface area contributed by atoms with Gasteiger partial charge in [-0.15, -0.1) is 0 Å². The van der Waals surface area contributed by atoms with Crippen LogP contribution in [-0.4, -0.2) is 43.7 Å². The number of benzene rings is 1. The third-order valence-corrected chi connectivity index (χ3v) is 5.70. The fraction of sp³-hybridized carbons (Fsp3) is 0.400. The zero-order valence-corrected chi connectivity index (χ0v) is 15.1. The fourth-order valence-electron chi connectivity index (χ4n) is 4.40. The van der Waals surface area contributed by atoms with Crippen molar-refractivity contribution < 1.29 is 19.1 Å². The van der Waals surface area contributed by atoms with Crippen molar-refractivity contribution >= 4 is 11.9 Å². The van der Waals surface area contributed by atoms with E-state index in [1.165, 1.54) is 41.3 Å². The molecule has 1 aromatic heterocycles. The number of carboxylic acid groups (broad SMARTS) is 1. The third kappa shape index (κ3) is 3.19. The lowest BCUT2D eigenvalue weighted by molar-refractivity contribution is -0.141. The van der Waals surface area contributed by atoms with E-state index in [-0.39, 0.29) is 17.7 Å². The molecule has 2 aromatic rings. The number of aliphatic carboxylic acids is 1. The molecular weight excluding hydrogens is 365 g/mol. The lowest BCUT2D eigenvalue weighted by Gasteiger charge is -2.32. The molecule has 1 aliphatic carbocycles. The van der Waals surface area contributed by atoms with E-state index < -0.39 is 29.3 Å². The van der Waals surface area contributed by atoms with Crippen LogP contribution < -0.4 is 5.56 Å². The lowest BCUT2D eigenvalue weighted by Crippen LogP contribution is -2.46. The highest BCUT2D eigenvalue weighted by molar-refractivity contribution is 5.95. The molecule has 8 heteroatoms. The Morgan fingerprint density at radius 3 is 2.50 bits per heavy atom. The summed E-state index contributed by atoms with van der Waals surface area (Å²) < 4.78 is 14.2. The summed E-state index contributed by atoms with van der Waals surface area (Å²) in [5.41, 5.74) is -0.135. The van der Waals surface area contributed by atoms with Gasteiger partial charge in [-0.2, -0.15) is 9.78 Å². The smallest absolute Gasteiger partial charge is 0.326 e. The van der Waals surface area contributed by atoms with Gasteiger partial charge in [-0.3, -0.25) is 9.59 Å². The summed E-state index contributed by atoms with van der Waals surface area (Å²) >= 11 is 0. The van der Waals surface area contributed by atoms with Crippen molar-refractivity contribution in [3.63, 3.8) is 0 Å². The quantitative estimate of drug-likeness (QED) is 0.875. The Morgan fingerprint density at radius 1 is 1.07 bits per heavy atom. The molecule has 146 valence electrons. The van der Waals surface area contributed by atoms with Gasteiger partial charge in [-0.1, -0.05) is 12.8 Å². The normalized spacial score (nSPS) is 24.0. The average Bonchev–Trinajstić information content (AvgIpc) is 3.08. The van der Waals surface area contributed by atoms with Gasteiger partial charge in [-0.05, 0) is 55.5 Å². The molecule has 2 heterocycles. The highest BCUT2D eigenvalue weighted by atomic mass is 19.1. The molecule has 2 aliphatic rings. The molecule has 28 heavy (non-hydrogen) atoms. The Hall–Kier alpha value is -3.03. The summed E-state index contributed by atoms with van der Waals surface area (Å²) in [6, 6.07) is 6.73. The Bertz CT molecular complexity index is 972. The minimum atomic E-state index is -1.02. The van der Waals surface area contributed by atoms with E-state index in [1.54, 1.807) is 0 Å². The van der Waals surface area contributed by atoms with Gasteiger partial charge in [0.25, 0.3) is 11.5 Å². The maximum atomic E-state index is 13.2. The topological polar surface area (TPSA) is 92.5 Å². The molecule has 0 bridgehead atoms. The number of carbonyl (C=O) groups excluding carboxylic acids is 1. The molecule has 1 N–H and O–H groups in total.